The van der Waals surface area contributed by atoms with Crippen molar-refractivity contribution >= 4 is 12.0 Å². The van der Waals surface area contributed by atoms with E-state index in [0.717, 1.165) is 31.4 Å². The van der Waals surface area contributed by atoms with Crippen molar-refractivity contribution in [1.29, 1.82) is 0 Å². The second-order valence-electron chi connectivity index (χ2n) is 6.29. The summed E-state index contributed by atoms with van der Waals surface area (Å²) < 4.78 is 4.59. The minimum absolute atomic E-state index is 0.0183. The van der Waals surface area contributed by atoms with E-state index in [1.54, 1.807) is 0 Å². The third-order valence-electron chi connectivity index (χ3n) is 3.93. The van der Waals surface area contributed by atoms with Crippen molar-refractivity contribution in [2.24, 2.45) is 5.92 Å². The van der Waals surface area contributed by atoms with Gasteiger partial charge in [0.05, 0.1) is 7.11 Å². The lowest BCUT2D eigenvalue weighted by molar-refractivity contribution is -0.125. The molecular weight excluding hydrogens is 282 g/mol. The van der Waals surface area contributed by atoms with Crippen molar-refractivity contribution in [3.05, 3.63) is 12.3 Å². The van der Waals surface area contributed by atoms with Crippen molar-refractivity contribution in [1.82, 2.24) is 16.0 Å². The molecule has 6 nitrogen and oxygen atoms in total. The lowest BCUT2D eigenvalue weighted by Gasteiger charge is -2.35. The van der Waals surface area contributed by atoms with Gasteiger partial charge in [-0.2, -0.15) is 0 Å². The molecule has 0 aromatic heterocycles. The molecule has 0 aromatic rings. The van der Waals surface area contributed by atoms with Gasteiger partial charge in [-0.25, -0.2) is 4.79 Å². The molecule has 0 aromatic carbocycles. The maximum atomic E-state index is 12.5. The summed E-state index contributed by atoms with van der Waals surface area (Å²) in [5, 5.41) is 9.01. The van der Waals surface area contributed by atoms with Crippen LogP contribution in [0.5, 0.6) is 0 Å². The summed E-state index contributed by atoms with van der Waals surface area (Å²) in [5.41, 5.74) is 0.902. The van der Waals surface area contributed by atoms with Crippen LogP contribution in [0, 0.1) is 5.92 Å². The Kier molecular flexibility index (Phi) is 7.21. The summed E-state index contributed by atoms with van der Waals surface area (Å²) >= 11 is 0. The summed E-state index contributed by atoms with van der Waals surface area (Å²) in [7, 11) is 1.29. The van der Waals surface area contributed by atoms with Crippen LogP contribution in [0.25, 0.3) is 0 Å². The van der Waals surface area contributed by atoms with E-state index in [1.807, 2.05) is 20.8 Å². The van der Waals surface area contributed by atoms with E-state index in [0.29, 0.717) is 0 Å². The number of rotatable bonds is 6. The molecule has 126 valence electrons. The number of methoxy groups -OCH3 is 1. The monoisotopic (exact) mass is 311 g/mol. The van der Waals surface area contributed by atoms with Gasteiger partial charge in [0.25, 0.3) is 0 Å². The zero-order valence-electron chi connectivity index (χ0n) is 14.1. The van der Waals surface area contributed by atoms with Crippen LogP contribution in [0.2, 0.25) is 0 Å². The first-order chi connectivity index (χ1) is 10.3. The van der Waals surface area contributed by atoms with Crippen LogP contribution >= 0.6 is 0 Å². The van der Waals surface area contributed by atoms with Crippen LogP contribution < -0.4 is 16.0 Å². The average molecular weight is 311 g/mol. The SMILES string of the molecule is C=C(C)N[C@H]1CCCC[C@@H]1NC(=O)[C@@H](NC(=O)OC)C(C)C. The fourth-order valence-electron chi connectivity index (χ4n) is 2.79. The van der Waals surface area contributed by atoms with Crippen molar-refractivity contribution in [3.8, 4) is 0 Å². The van der Waals surface area contributed by atoms with Gasteiger partial charge in [-0.3, -0.25) is 4.79 Å². The predicted molar refractivity (Wildman–Crippen MR) is 86.3 cm³/mol. The lowest BCUT2D eigenvalue weighted by Crippen LogP contribution is -2.57. The van der Waals surface area contributed by atoms with Crippen LogP contribution in [0.15, 0.2) is 12.3 Å². The van der Waals surface area contributed by atoms with E-state index in [-0.39, 0.29) is 23.9 Å². The highest BCUT2D eigenvalue weighted by atomic mass is 16.5. The van der Waals surface area contributed by atoms with Gasteiger partial charge in [-0.1, -0.05) is 33.3 Å². The van der Waals surface area contributed by atoms with Crippen LogP contribution in [0.4, 0.5) is 4.79 Å². The molecule has 2 amide bonds. The Balaban J connectivity index is 2.69. The van der Waals surface area contributed by atoms with Gasteiger partial charge in [0, 0.05) is 17.8 Å². The third kappa shape index (κ3) is 5.58. The molecule has 0 saturated heterocycles. The summed E-state index contributed by atoms with van der Waals surface area (Å²) in [6.45, 7) is 9.59. The Morgan fingerprint density at radius 2 is 1.68 bits per heavy atom. The molecule has 1 fully saturated rings. The molecule has 1 aliphatic rings. The largest absolute Gasteiger partial charge is 0.453 e. The zero-order chi connectivity index (χ0) is 16.7. The number of carbonyl (C=O) groups is 2. The summed E-state index contributed by atoms with van der Waals surface area (Å²) in [4.78, 5) is 23.9. The Morgan fingerprint density at radius 3 is 2.14 bits per heavy atom. The first kappa shape index (κ1) is 18.3. The maximum Gasteiger partial charge on any atom is 0.407 e. The standard InChI is InChI=1S/C16H29N3O3/c1-10(2)14(19-16(21)22-5)15(20)18-13-9-7-6-8-12(13)17-11(3)4/h10,12-14,17H,3,6-9H2,1-2,4-5H3,(H,18,20)(H,19,21)/t12-,13-,14-/m0/s1. The molecule has 0 unspecified atom stereocenters. The molecule has 3 atom stereocenters. The fourth-order valence-corrected chi connectivity index (χ4v) is 2.79. The normalized spacial score (nSPS) is 22.6. The van der Waals surface area contributed by atoms with E-state index in [4.69, 9.17) is 0 Å². The highest BCUT2D eigenvalue weighted by molar-refractivity contribution is 5.86. The molecule has 0 heterocycles. The Morgan fingerprint density at radius 1 is 1.14 bits per heavy atom. The minimum Gasteiger partial charge on any atom is -0.453 e. The van der Waals surface area contributed by atoms with E-state index in [1.165, 1.54) is 7.11 Å². The van der Waals surface area contributed by atoms with Crippen LogP contribution in [-0.4, -0.2) is 37.2 Å². The number of hydrogen-bond donors (Lipinski definition) is 3. The van der Waals surface area contributed by atoms with Gasteiger partial charge in [0.1, 0.15) is 6.04 Å². The average Bonchev–Trinajstić information content (AvgIpc) is 2.45. The molecule has 1 rings (SSSR count). The van der Waals surface area contributed by atoms with Crippen LogP contribution in [-0.2, 0) is 9.53 Å². The number of hydrogen-bond acceptors (Lipinski definition) is 4. The maximum absolute atomic E-state index is 12.5. The molecule has 3 N–H and O–H groups in total. The first-order valence-electron chi connectivity index (χ1n) is 7.92. The van der Waals surface area contributed by atoms with Gasteiger partial charge in [-0.05, 0) is 25.7 Å². The van der Waals surface area contributed by atoms with Crippen molar-refractivity contribution in [3.63, 3.8) is 0 Å². The minimum atomic E-state index is -0.597. The molecule has 1 aliphatic carbocycles. The predicted octanol–water partition coefficient (Wildman–Crippen LogP) is 1.92. The Bertz CT molecular complexity index is 409. The highest BCUT2D eigenvalue weighted by Crippen LogP contribution is 2.20. The van der Waals surface area contributed by atoms with Gasteiger partial charge in [0.15, 0.2) is 0 Å². The number of carbonyl (C=O) groups excluding carboxylic acids is 2. The fraction of sp³-hybridized carbons (Fsp3) is 0.750. The van der Waals surface area contributed by atoms with Crippen LogP contribution in [0.3, 0.4) is 0 Å². The molecule has 0 aliphatic heterocycles. The topological polar surface area (TPSA) is 79.5 Å². The van der Waals surface area contributed by atoms with Gasteiger partial charge >= 0.3 is 6.09 Å². The van der Waals surface area contributed by atoms with Gasteiger partial charge in [-0.15, -0.1) is 0 Å². The number of alkyl carbamates (subject to hydrolysis) is 1. The lowest BCUT2D eigenvalue weighted by atomic mass is 9.89. The van der Waals surface area contributed by atoms with E-state index in [2.05, 4.69) is 27.3 Å². The summed E-state index contributed by atoms with van der Waals surface area (Å²) in [6, 6.07) is -0.348. The van der Waals surface area contributed by atoms with Crippen molar-refractivity contribution < 1.29 is 14.3 Å². The van der Waals surface area contributed by atoms with E-state index in [9.17, 15) is 9.59 Å². The van der Waals surface area contributed by atoms with Crippen molar-refractivity contribution in [2.75, 3.05) is 7.11 Å². The Labute approximate surface area is 133 Å². The highest BCUT2D eigenvalue weighted by Gasteiger charge is 2.31. The Hall–Kier alpha value is -1.72. The van der Waals surface area contributed by atoms with Gasteiger partial charge < -0.3 is 20.7 Å². The quantitative estimate of drug-likeness (QED) is 0.700. The number of amides is 2. The smallest absolute Gasteiger partial charge is 0.407 e. The molecule has 0 bridgehead atoms. The van der Waals surface area contributed by atoms with E-state index < -0.39 is 12.1 Å². The zero-order valence-corrected chi connectivity index (χ0v) is 14.1. The number of ether oxygens (including phenoxy) is 1. The second-order valence-corrected chi connectivity index (χ2v) is 6.29. The molecule has 0 radical (unpaired) electrons. The first-order valence-corrected chi connectivity index (χ1v) is 7.92. The van der Waals surface area contributed by atoms with Crippen molar-refractivity contribution in [2.45, 2.75) is 64.6 Å². The number of nitrogens with one attached hydrogen (secondary N) is 3. The molecule has 22 heavy (non-hydrogen) atoms. The summed E-state index contributed by atoms with van der Waals surface area (Å²) in [6.07, 6.45) is 3.59. The molecular formula is C16H29N3O3. The molecule has 6 heteroatoms. The van der Waals surface area contributed by atoms with Gasteiger partial charge in [0.2, 0.25) is 5.91 Å². The molecule has 0 spiro atoms. The third-order valence-corrected chi connectivity index (χ3v) is 3.93. The van der Waals surface area contributed by atoms with Crippen LogP contribution in [0.1, 0.15) is 46.5 Å². The molecule has 1 saturated carbocycles. The summed E-state index contributed by atoms with van der Waals surface area (Å²) in [5.74, 6) is -0.184. The van der Waals surface area contributed by atoms with E-state index >= 15 is 0 Å². The number of allylic oxidation sites excluding steroid dienone is 1. The second kappa shape index (κ2) is 8.66.